The summed E-state index contributed by atoms with van der Waals surface area (Å²) in [4.78, 5) is 15.7. The van der Waals surface area contributed by atoms with Crippen molar-refractivity contribution >= 4 is 11.7 Å². The molecule has 4 rings (SSSR count). The second-order valence-electron chi connectivity index (χ2n) is 8.36. The first-order chi connectivity index (χ1) is 16.5. The number of benzene rings is 3. The number of pyridine rings is 1. The number of hydrogen-bond donors (Lipinski definition) is 2. The number of hydrogen-bond acceptors (Lipinski definition) is 4. The molecule has 2 N–H and O–H groups in total. The van der Waals surface area contributed by atoms with Crippen LogP contribution in [-0.4, -0.2) is 27.0 Å². The van der Waals surface area contributed by atoms with Gasteiger partial charge >= 0.3 is 5.97 Å². The number of oxime groups is 1. The summed E-state index contributed by atoms with van der Waals surface area (Å²) >= 11 is 0. The van der Waals surface area contributed by atoms with Gasteiger partial charge in [-0.05, 0) is 65.9 Å². The molecule has 0 aliphatic rings. The smallest absolute Gasteiger partial charge is 0.335 e. The zero-order valence-corrected chi connectivity index (χ0v) is 19.1. The molecule has 170 valence electrons. The van der Waals surface area contributed by atoms with Crippen LogP contribution in [-0.2, 0) is 0 Å². The van der Waals surface area contributed by atoms with Crippen LogP contribution in [0.5, 0.6) is 0 Å². The second-order valence-corrected chi connectivity index (χ2v) is 8.36. The summed E-state index contributed by atoms with van der Waals surface area (Å²) in [7, 11) is 0. The first-order valence-corrected chi connectivity index (χ1v) is 11.1. The van der Waals surface area contributed by atoms with Crippen molar-refractivity contribution < 1.29 is 15.1 Å². The van der Waals surface area contributed by atoms with E-state index in [1.54, 1.807) is 24.4 Å². The lowest BCUT2D eigenvalue weighted by Crippen LogP contribution is -2.12. The highest BCUT2D eigenvalue weighted by molar-refractivity contribution is 6.01. The van der Waals surface area contributed by atoms with E-state index in [1.807, 2.05) is 49.4 Å². The average molecular weight is 451 g/mol. The zero-order chi connectivity index (χ0) is 24.1. The van der Waals surface area contributed by atoms with E-state index in [9.17, 15) is 15.1 Å². The van der Waals surface area contributed by atoms with Crippen LogP contribution < -0.4 is 0 Å². The van der Waals surface area contributed by atoms with Gasteiger partial charge < -0.3 is 10.3 Å². The van der Waals surface area contributed by atoms with E-state index >= 15 is 0 Å². The summed E-state index contributed by atoms with van der Waals surface area (Å²) in [5, 5.41) is 23.0. The van der Waals surface area contributed by atoms with Crippen LogP contribution >= 0.6 is 0 Å². The number of nitrogens with zero attached hydrogens (tertiary/aromatic N) is 2. The third-order valence-electron chi connectivity index (χ3n) is 6.04. The van der Waals surface area contributed by atoms with Gasteiger partial charge in [0.05, 0.1) is 11.3 Å². The van der Waals surface area contributed by atoms with Gasteiger partial charge in [0, 0.05) is 29.8 Å². The molecule has 0 amide bonds. The van der Waals surface area contributed by atoms with Crippen LogP contribution in [0.15, 0.2) is 96.3 Å². The summed E-state index contributed by atoms with van der Waals surface area (Å²) in [5.41, 5.74) is 7.63. The minimum absolute atomic E-state index is 0.0665. The molecule has 0 radical (unpaired) electrons. The van der Waals surface area contributed by atoms with Gasteiger partial charge in [0.1, 0.15) is 0 Å². The lowest BCUT2D eigenvalue weighted by Gasteiger charge is -2.22. The molecule has 34 heavy (non-hydrogen) atoms. The normalized spacial score (nSPS) is 12.4. The fourth-order valence-corrected chi connectivity index (χ4v) is 4.29. The minimum Gasteiger partial charge on any atom is -0.478 e. The van der Waals surface area contributed by atoms with Gasteiger partial charge in [-0.1, -0.05) is 65.8 Å². The standard InChI is InChI=1S/C29H26N2O3/c1-19-7-3-4-12-26(19)27(18-28(31-34)24-13-14-30-20(2)15-24)23-10-5-8-21(16-23)22-9-6-11-25(17-22)29(32)33/h3-17,27,34H,18H2,1-2H3,(H,32,33). The van der Waals surface area contributed by atoms with Gasteiger partial charge in [-0.3, -0.25) is 4.98 Å². The lowest BCUT2D eigenvalue weighted by atomic mass is 9.82. The molecule has 0 aliphatic heterocycles. The Morgan fingerprint density at radius 1 is 0.882 bits per heavy atom. The number of rotatable bonds is 7. The Balaban J connectivity index is 1.79. The summed E-state index contributed by atoms with van der Waals surface area (Å²) in [6.07, 6.45) is 2.21. The molecule has 1 heterocycles. The number of aromatic nitrogens is 1. The molecule has 0 aliphatic carbocycles. The minimum atomic E-state index is -0.952. The molecule has 0 spiro atoms. The van der Waals surface area contributed by atoms with Crippen molar-refractivity contribution in [3.05, 3.63) is 125 Å². The number of carboxylic acid groups (broad SMARTS) is 1. The van der Waals surface area contributed by atoms with Gasteiger partial charge in [-0.2, -0.15) is 0 Å². The second kappa shape index (κ2) is 10.1. The zero-order valence-electron chi connectivity index (χ0n) is 19.1. The maximum atomic E-state index is 11.5. The number of aryl methyl sites for hydroxylation is 2. The molecule has 0 bridgehead atoms. The Bertz CT molecular complexity index is 1360. The number of carboxylic acids is 1. The van der Waals surface area contributed by atoms with Crippen LogP contribution in [0.3, 0.4) is 0 Å². The quantitative estimate of drug-likeness (QED) is 0.192. The van der Waals surface area contributed by atoms with Crippen LogP contribution in [0.4, 0.5) is 0 Å². The van der Waals surface area contributed by atoms with Crippen molar-refractivity contribution in [3.8, 4) is 11.1 Å². The van der Waals surface area contributed by atoms with Gasteiger partial charge in [0.15, 0.2) is 0 Å². The molecule has 4 aromatic rings. The highest BCUT2D eigenvalue weighted by Gasteiger charge is 2.21. The van der Waals surface area contributed by atoms with Crippen LogP contribution in [0.2, 0.25) is 0 Å². The van der Waals surface area contributed by atoms with E-state index in [4.69, 9.17) is 0 Å². The third-order valence-corrected chi connectivity index (χ3v) is 6.04. The maximum Gasteiger partial charge on any atom is 0.335 e. The van der Waals surface area contributed by atoms with E-state index in [1.165, 1.54) is 0 Å². The van der Waals surface area contributed by atoms with E-state index in [0.29, 0.717) is 12.1 Å². The maximum absolute atomic E-state index is 11.5. The molecule has 5 nitrogen and oxygen atoms in total. The molecular weight excluding hydrogens is 424 g/mol. The molecule has 0 fully saturated rings. The summed E-state index contributed by atoms with van der Waals surface area (Å²) in [5.74, 6) is -1.02. The predicted molar refractivity (Wildman–Crippen MR) is 134 cm³/mol. The molecule has 1 unspecified atom stereocenters. The van der Waals surface area contributed by atoms with Gasteiger partial charge in [-0.25, -0.2) is 4.79 Å². The lowest BCUT2D eigenvalue weighted by molar-refractivity contribution is 0.0697. The summed E-state index contributed by atoms with van der Waals surface area (Å²) in [6.45, 7) is 3.99. The first kappa shape index (κ1) is 22.9. The molecule has 1 atom stereocenters. The van der Waals surface area contributed by atoms with Crippen molar-refractivity contribution in [1.82, 2.24) is 4.98 Å². The number of carbonyl (C=O) groups is 1. The first-order valence-electron chi connectivity index (χ1n) is 11.1. The van der Waals surface area contributed by atoms with Gasteiger partial charge in [0.25, 0.3) is 0 Å². The Morgan fingerprint density at radius 3 is 2.32 bits per heavy atom. The average Bonchev–Trinajstić information content (AvgIpc) is 2.85. The van der Waals surface area contributed by atoms with Gasteiger partial charge in [-0.15, -0.1) is 0 Å². The molecular formula is C29H26N2O3. The van der Waals surface area contributed by atoms with E-state index in [-0.39, 0.29) is 11.5 Å². The topological polar surface area (TPSA) is 82.8 Å². The largest absolute Gasteiger partial charge is 0.478 e. The molecule has 1 aromatic heterocycles. The number of aromatic carboxylic acids is 1. The Kier molecular flexibility index (Phi) is 6.83. The monoisotopic (exact) mass is 450 g/mol. The predicted octanol–water partition coefficient (Wildman–Crippen LogP) is 6.46. The fourth-order valence-electron chi connectivity index (χ4n) is 4.29. The summed E-state index contributed by atoms with van der Waals surface area (Å²) < 4.78 is 0. The Morgan fingerprint density at radius 2 is 1.62 bits per heavy atom. The highest BCUT2D eigenvalue weighted by Crippen LogP contribution is 2.34. The van der Waals surface area contributed by atoms with Crippen molar-refractivity contribution in [2.75, 3.05) is 0 Å². The molecule has 3 aromatic carbocycles. The Labute approximate surface area is 199 Å². The van der Waals surface area contributed by atoms with E-state index in [0.717, 1.165) is 39.1 Å². The molecule has 0 saturated carbocycles. The van der Waals surface area contributed by atoms with Crippen molar-refractivity contribution in [3.63, 3.8) is 0 Å². The third kappa shape index (κ3) is 5.04. The van der Waals surface area contributed by atoms with Crippen molar-refractivity contribution in [2.45, 2.75) is 26.2 Å². The molecule has 0 saturated heterocycles. The van der Waals surface area contributed by atoms with Gasteiger partial charge in [0.2, 0.25) is 0 Å². The highest BCUT2D eigenvalue weighted by atomic mass is 16.4. The Hall–Kier alpha value is -4.25. The van der Waals surface area contributed by atoms with Crippen LogP contribution in [0.1, 0.15) is 50.6 Å². The van der Waals surface area contributed by atoms with Crippen molar-refractivity contribution in [1.29, 1.82) is 0 Å². The van der Waals surface area contributed by atoms with Crippen molar-refractivity contribution in [2.24, 2.45) is 5.16 Å². The van der Waals surface area contributed by atoms with Crippen LogP contribution in [0.25, 0.3) is 11.1 Å². The van der Waals surface area contributed by atoms with Crippen LogP contribution in [0, 0.1) is 13.8 Å². The fraction of sp³-hybridized carbons (Fsp3) is 0.138. The molecule has 5 heteroatoms. The van der Waals surface area contributed by atoms with E-state index < -0.39 is 5.97 Å². The van der Waals surface area contributed by atoms with E-state index in [2.05, 4.69) is 41.3 Å². The summed E-state index contributed by atoms with van der Waals surface area (Å²) in [6, 6.07) is 27.0. The SMILES string of the molecule is Cc1cc(C(CC(c2cccc(-c3cccc(C(=O)O)c3)c2)c2ccccc2C)=NO)ccn1.